The van der Waals surface area contributed by atoms with Crippen molar-refractivity contribution in [3.05, 3.63) is 16.1 Å². The standard InChI is InChI=1S/C9H10N2O2S/c12-9-11-6(3-13-9)8-7(5-1-2-5)10-4-14-8/h4-6H,1-3H2,(H,11,12). The largest absolute Gasteiger partial charge is 0.447 e. The summed E-state index contributed by atoms with van der Waals surface area (Å²) in [6.07, 6.45) is 2.15. The lowest BCUT2D eigenvalue weighted by Gasteiger charge is -2.05. The number of alkyl carbamates (subject to hydrolysis) is 1. The van der Waals surface area contributed by atoms with Crippen LogP contribution >= 0.6 is 11.3 Å². The molecule has 1 atom stereocenters. The molecule has 5 heteroatoms. The van der Waals surface area contributed by atoms with Crippen LogP contribution in [0, 0.1) is 0 Å². The number of carbonyl (C=O) groups is 1. The third-order valence-electron chi connectivity index (χ3n) is 2.58. The van der Waals surface area contributed by atoms with Crippen molar-refractivity contribution in [3.63, 3.8) is 0 Å². The normalized spacial score (nSPS) is 26.0. The SMILES string of the molecule is O=C1NC(c2scnc2C2CC2)CO1. The van der Waals surface area contributed by atoms with E-state index in [9.17, 15) is 4.79 Å². The average molecular weight is 210 g/mol. The maximum Gasteiger partial charge on any atom is 0.407 e. The van der Waals surface area contributed by atoms with Gasteiger partial charge in [0, 0.05) is 5.92 Å². The van der Waals surface area contributed by atoms with Crippen LogP contribution in [-0.2, 0) is 4.74 Å². The molecule has 74 valence electrons. The molecule has 1 N–H and O–H groups in total. The van der Waals surface area contributed by atoms with Crippen LogP contribution in [0.3, 0.4) is 0 Å². The Balaban J connectivity index is 1.87. The van der Waals surface area contributed by atoms with E-state index in [4.69, 9.17) is 4.74 Å². The summed E-state index contributed by atoms with van der Waals surface area (Å²) in [6.45, 7) is 0.445. The molecule has 3 rings (SSSR count). The van der Waals surface area contributed by atoms with Crippen LogP contribution in [0.25, 0.3) is 0 Å². The second kappa shape index (κ2) is 2.95. The quantitative estimate of drug-likeness (QED) is 0.809. The number of thiazole rings is 1. The number of nitrogens with one attached hydrogen (secondary N) is 1. The number of rotatable bonds is 2. The van der Waals surface area contributed by atoms with Crippen LogP contribution in [0.2, 0.25) is 0 Å². The summed E-state index contributed by atoms with van der Waals surface area (Å²) in [4.78, 5) is 16.4. The van der Waals surface area contributed by atoms with Gasteiger partial charge in [-0.1, -0.05) is 0 Å². The predicted molar refractivity (Wildman–Crippen MR) is 51.3 cm³/mol. The molecule has 1 amide bonds. The molecule has 1 aliphatic heterocycles. The lowest BCUT2D eigenvalue weighted by molar-refractivity contribution is 0.177. The summed E-state index contributed by atoms with van der Waals surface area (Å²) in [6, 6.07) is 0.0330. The molecule has 2 aliphatic rings. The van der Waals surface area contributed by atoms with Crippen LogP contribution in [0.4, 0.5) is 4.79 Å². The summed E-state index contributed by atoms with van der Waals surface area (Å²) < 4.78 is 4.87. The van der Waals surface area contributed by atoms with Crippen LogP contribution in [0.5, 0.6) is 0 Å². The van der Waals surface area contributed by atoms with Crippen molar-refractivity contribution in [2.75, 3.05) is 6.61 Å². The van der Waals surface area contributed by atoms with E-state index in [1.54, 1.807) is 11.3 Å². The highest BCUT2D eigenvalue weighted by atomic mass is 32.1. The van der Waals surface area contributed by atoms with Gasteiger partial charge in [-0.25, -0.2) is 9.78 Å². The molecular weight excluding hydrogens is 200 g/mol. The smallest absolute Gasteiger partial charge is 0.407 e. The van der Waals surface area contributed by atoms with Gasteiger partial charge in [-0.2, -0.15) is 0 Å². The summed E-state index contributed by atoms with van der Waals surface area (Å²) in [5.41, 5.74) is 3.03. The first-order chi connectivity index (χ1) is 6.84. The fourth-order valence-electron chi connectivity index (χ4n) is 1.71. The van der Waals surface area contributed by atoms with E-state index >= 15 is 0 Å². The van der Waals surface area contributed by atoms with Crippen molar-refractivity contribution in [1.82, 2.24) is 10.3 Å². The van der Waals surface area contributed by atoms with Gasteiger partial charge in [0.05, 0.1) is 16.1 Å². The minimum atomic E-state index is -0.315. The number of nitrogens with zero attached hydrogens (tertiary/aromatic N) is 1. The second-order valence-corrected chi connectivity index (χ2v) is 4.56. The maximum atomic E-state index is 10.9. The van der Waals surface area contributed by atoms with E-state index in [-0.39, 0.29) is 12.1 Å². The minimum Gasteiger partial charge on any atom is -0.447 e. The summed E-state index contributed by atoms with van der Waals surface area (Å²) in [5, 5.41) is 2.79. The number of aromatic nitrogens is 1. The van der Waals surface area contributed by atoms with Gasteiger partial charge in [0.25, 0.3) is 0 Å². The third kappa shape index (κ3) is 1.28. The molecule has 2 fully saturated rings. The maximum absolute atomic E-state index is 10.9. The number of amides is 1. The van der Waals surface area contributed by atoms with E-state index in [1.165, 1.54) is 23.4 Å². The van der Waals surface area contributed by atoms with Crippen molar-refractivity contribution in [2.24, 2.45) is 0 Å². The van der Waals surface area contributed by atoms with Crippen molar-refractivity contribution >= 4 is 17.4 Å². The van der Waals surface area contributed by atoms with Gasteiger partial charge in [0.15, 0.2) is 0 Å². The van der Waals surface area contributed by atoms with Crippen LogP contribution in [0.1, 0.15) is 35.4 Å². The molecule has 1 saturated heterocycles. The summed E-state index contributed by atoms with van der Waals surface area (Å²) in [7, 11) is 0. The molecule has 0 aromatic carbocycles. The molecule has 1 saturated carbocycles. The molecule has 1 aromatic heterocycles. The Morgan fingerprint density at radius 2 is 2.43 bits per heavy atom. The zero-order valence-corrected chi connectivity index (χ0v) is 8.34. The van der Waals surface area contributed by atoms with Gasteiger partial charge in [0.1, 0.15) is 12.6 Å². The lowest BCUT2D eigenvalue weighted by atomic mass is 10.2. The summed E-state index contributed by atoms with van der Waals surface area (Å²) in [5.74, 6) is 0.633. The van der Waals surface area contributed by atoms with Crippen LogP contribution < -0.4 is 5.32 Å². The van der Waals surface area contributed by atoms with Gasteiger partial charge < -0.3 is 10.1 Å². The van der Waals surface area contributed by atoms with Gasteiger partial charge in [0.2, 0.25) is 0 Å². The fourth-order valence-corrected chi connectivity index (χ4v) is 2.62. The molecule has 14 heavy (non-hydrogen) atoms. The Morgan fingerprint density at radius 3 is 3.07 bits per heavy atom. The Kier molecular flexibility index (Phi) is 1.73. The summed E-state index contributed by atoms with van der Waals surface area (Å²) >= 11 is 1.61. The molecule has 0 radical (unpaired) electrons. The lowest BCUT2D eigenvalue weighted by Crippen LogP contribution is -2.18. The van der Waals surface area contributed by atoms with E-state index in [0.29, 0.717) is 12.5 Å². The third-order valence-corrected chi connectivity index (χ3v) is 3.54. The minimum absolute atomic E-state index is 0.0330. The van der Waals surface area contributed by atoms with Gasteiger partial charge in [-0.15, -0.1) is 11.3 Å². The van der Waals surface area contributed by atoms with Gasteiger partial charge in [-0.3, -0.25) is 0 Å². The first-order valence-electron chi connectivity index (χ1n) is 4.71. The average Bonchev–Trinajstić information content (AvgIpc) is 2.75. The second-order valence-electron chi connectivity index (χ2n) is 3.67. The zero-order chi connectivity index (χ0) is 9.54. The molecule has 4 nitrogen and oxygen atoms in total. The molecule has 1 unspecified atom stereocenters. The van der Waals surface area contributed by atoms with Crippen molar-refractivity contribution in [3.8, 4) is 0 Å². The highest BCUT2D eigenvalue weighted by Crippen LogP contribution is 2.43. The monoisotopic (exact) mass is 210 g/mol. The van der Waals surface area contributed by atoms with Crippen LogP contribution in [0.15, 0.2) is 5.51 Å². The van der Waals surface area contributed by atoms with E-state index in [0.717, 1.165) is 0 Å². The predicted octanol–water partition coefficient (Wildman–Crippen LogP) is 1.80. The zero-order valence-electron chi connectivity index (χ0n) is 7.53. The first-order valence-corrected chi connectivity index (χ1v) is 5.59. The number of ether oxygens (including phenoxy) is 1. The van der Waals surface area contributed by atoms with Crippen LogP contribution in [-0.4, -0.2) is 17.7 Å². The Hall–Kier alpha value is -1.10. The first kappa shape index (κ1) is 8.23. The number of hydrogen-bond donors (Lipinski definition) is 1. The number of carbonyl (C=O) groups excluding carboxylic acids is 1. The van der Waals surface area contributed by atoms with Crippen molar-refractivity contribution in [1.29, 1.82) is 0 Å². The molecule has 1 aliphatic carbocycles. The Bertz CT molecular complexity index is 373. The molecule has 2 heterocycles. The topological polar surface area (TPSA) is 51.2 Å². The highest BCUT2D eigenvalue weighted by molar-refractivity contribution is 7.09. The van der Waals surface area contributed by atoms with Gasteiger partial charge >= 0.3 is 6.09 Å². The van der Waals surface area contributed by atoms with E-state index in [2.05, 4.69) is 10.3 Å². The molecule has 0 spiro atoms. The molecule has 0 bridgehead atoms. The van der Waals surface area contributed by atoms with Gasteiger partial charge in [-0.05, 0) is 12.8 Å². The van der Waals surface area contributed by atoms with E-state index in [1.807, 2.05) is 5.51 Å². The van der Waals surface area contributed by atoms with Crippen molar-refractivity contribution < 1.29 is 9.53 Å². The number of hydrogen-bond acceptors (Lipinski definition) is 4. The number of cyclic esters (lactones) is 1. The Morgan fingerprint density at radius 1 is 1.57 bits per heavy atom. The van der Waals surface area contributed by atoms with E-state index < -0.39 is 0 Å². The molecule has 1 aromatic rings. The fraction of sp³-hybridized carbons (Fsp3) is 0.556. The molecular formula is C9H10N2O2S. The van der Waals surface area contributed by atoms with Crippen molar-refractivity contribution in [2.45, 2.75) is 24.8 Å². The highest BCUT2D eigenvalue weighted by Gasteiger charge is 2.34. The Labute approximate surface area is 85.3 Å².